The van der Waals surface area contributed by atoms with Crippen LogP contribution in [0.4, 0.5) is 5.69 Å². The molecule has 5 aromatic heterocycles. The number of furan rings is 2. The first-order valence-corrected chi connectivity index (χ1v) is 12.2. The first-order valence-electron chi connectivity index (χ1n) is 12.2. The Morgan fingerprint density at radius 3 is 1.98 bits per heavy atom. The molecule has 0 bridgehead atoms. The van der Waals surface area contributed by atoms with Crippen molar-refractivity contribution in [3.05, 3.63) is 108 Å². The summed E-state index contributed by atoms with van der Waals surface area (Å²) in [5.74, 6) is 0.217. The molecule has 12 heteroatoms. The summed E-state index contributed by atoms with van der Waals surface area (Å²) in [6, 6.07) is 18.4. The summed E-state index contributed by atoms with van der Waals surface area (Å²) in [6.45, 7) is 0. The monoisotopic (exact) mass is 539 g/mol. The Labute approximate surface area is 225 Å². The lowest BCUT2D eigenvalue weighted by Gasteiger charge is -2.09. The van der Waals surface area contributed by atoms with Crippen LogP contribution < -0.4 is 5.32 Å². The van der Waals surface area contributed by atoms with Gasteiger partial charge in [0.1, 0.15) is 0 Å². The van der Waals surface area contributed by atoms with E-state index in [0.29, 0.717) is 28.7 Å². The van der Waals surface area contributed by atoms with E-state index >= 15 is 0 Å². The van der Waals surface area contributed by atoms with Crippen molar-refractivity contribution in [2.75, 3.05) is 5.32 Å². The molecule has 12 nitrogen and oxygen atoms in total. The molecule has 0 fully saturated rings. The van der Waals surface area contributed by atoms with Gasteiger partial charge in [-0.15, -0.1) is 0 Å². The molecule has 0 spiro atoms. The van der Waals surface area contributed by atoms with Crippen LogP contribution in [0.5, 0.6) is 0 Å². The third kappa shape index (κ3) is 5.18. The average molecular weight is 540 g/mol. The average Bonchev–Trinajstić information content (AvgIpc) is 3.78. The second-order valence-corrected chi connectivity index (χ2v) is 8.91. The lowest BCUT2D eigenvalue weighted by Crippen LogP contribution is -2.12. The van der Waals surface area contributed by atoms with Crippen LogP contribution in [-0.2, 0) is 12.8 Å². The van der Waals surface area contributed by atoms with Gasteiger partial charge in [-0.1, -0.05) is 34.6 Å². The van der Waals surface area contributed by atoms with Crippen molar-refractivity contribution in [2.24, 2.45) is 0 Å². The third-order valence-electron chi connectivity index (χ3n) is 6.26. The highest BCUT2D eigenvalue weighted by molar-refractivity contribution is 6.03. The van der Waals surface area contributed by atoms with Crippen LogP contribution in [0.3, 0.4) is 0 Å². The number of carboxylic acids is 1. The number of benzene rings is 1. The fourth-order valence-corrected chi connectivity index (χ4v) is 4.35. The number of anilines is 1. The van der Waals surface area contributed by atoms with Gasteiger partial charge in [-0.25, -0.2) is 4.79 Å². The minimum absolute atomic E-state index is 0.133. The Hall–Kier alpha value is -5.65. The van der Waals surface area contributed by atoms with E-state index in [-0.39, 0.29) is 23.3 Å². The molecule has 0 saturated carbocycles. The van der Waals surface area contributed by atoms with Gasteiger partial charge in [0.05, 0.1) is 30.5 Å². The fourth-order valence-electron chi connectivity index (χ4n) is 4.35. The molecule has 1 amide bonds. The Bertz CT molecular complexity index is 1720. The van der Waals surface area contributed by atoms with E-state index in [2.05, 4.69) is 45.0 Å². The number of hydrogen-bond donors (Lipinski definition) is 2. The van der Waals surface area contributed by atoms with Crippen molar-refractivity contribution in [1.29, 1.82) is 0 Å². The normalized spacial score (nSPS) is 12.5. The molecular weight excluding hydrogens is 518 g/mol. The van der Waals surface area contributed by atoms with Crippen molar-refractivity contribution >= 4 is 17.6 Å². The quantitative estimate of drug-likeness (QED) is 0.282. The molecule has 6 aromatic rings. The fraction of sp³-hybridized carbons (Fsp3) is 0.107. The Morgan fingerprint density at radius 2 is 1.43 bits per heavy atom. The molecule has 1 aliphatic rings. The number of fused-ring (bicyclic) bond motifs is 1. The van der Waals surface area contributed by atoms with E-state index in [4.69, 9.17) is 23.0 Å². The second-order valence-electron chi connectivity index (χ2n) is 8.91. The Balaban J connectivity index is 0.000000187. The lowest BCUT2D eigenvalue weighted by atomic mass is 10.1. The summed E-state index contributed by atoms with van der Waals surface area (Å²) in [7, 11) is 0. The van der Waals surface area contributed by atoms with E-state index < -0.39 is 5.97 Å². The van der Waals surface area contributed by atoms with Gasteiger partial charge in [0.25, 0.3) is 5.91 Å². The van der Waals surface area contributed by atoms with Gasteiger partial charge in [0.15, 0.2) is 22.9 Å². The summed E-state index contributed by atoms with van der Waals surface area (Å²) in [4.78, 5) is 22.8. The van der Waals surface area contributed by atoms with Crippen LogP contribution in [0, 0.1) is 0 Å². The van der Waals surface area contributed by atoms with Gasteiger partial charge in [-0.3, -0.25) is 9.48 Å². The predicted molar refractivity (Wildman–Crippen MR) is 138 cm³/mol. The van der Waals surface area contributed by atoms with Crippen molar-refractivity contribution in [3.63, 3.8) is 0 Å². The first-order chi connectivity index (χ1) is 19.5. The molecule has 1 aliphatic carbocycles. The molecule has 0 radical (unpaired) electrons. The number of rotatable bonds is 6. The molecule has 0 unspecified atom stereocenters. The number of carbonyl (C=O) groups excluding carboxylic acids is 1. The van der Waals surface area contributed by atoms with Crippen molar-refractivity contribution in [2.45, 2.75) is 18.9 Å². The van der Waals surface area contributed by atoms with E-state index in [1.165, 1.54) is 29.7 Å². The number of nitrogens with one attached hydrogen (secondary N) is 1. The summed E-state index contributed by atoms with van der Waals surface area (Å²) in [5, 5.41) is 22.9. The zero-order valence-electron chi connectivity index (χ0n) is 20.8. The van der Waals surface area contributed by atoms with Gasteiger partial charge in [-0.2, -0.15) is 5.10 Å². The molecule has 2 N–H and O–H groups in total. The number of aromatic nitrogens is 4. The SMILES string of the molecule is O=C(Nc1cnn(C2Cc3ccccc3C2)c1)c1cc(-c2ccco2)on1.O=C(O)c1cc(-c2ccco2)on1. The summed E-state index contributed by atoms with van der Waals surface area (Å²) >= 11 is 0. The number of nitrogens with zero attached hydrogens (tertiary/aromatic N) is 4. The molecule has 200 valence electrons. The first kappa shape index (κ1) is 24.7. The zero-order valence-corrected chi connectivity index (χ0v) is 20.8. The topological polar surface area (TPSA) is 163 Å². The minimum atomic E-state index is -1.12. The molecule has 7 rings (SSSR count). The predicted octanol–water partition coefficient (Wildman–Crippen LogP) is 5.36. The standard InChI is InChI=1S/C20H16N4O3.C8H5NO4/c25-20(17-10-19(27-23-17)18-6-3-7-26-18)22-15-11-21-24(12-15)16-8-13-4-1-2-5-14(13)9-16;10-8(11)5-4-7(13-9-5)6-2-1-3-12-6/h1-7,10-12,16H,8-9H2,(H,22,25);1-4H,(H,10,11). The summed E-state index contributed by atoms with van der Waals surface area (Å²) in [6.07, 6.45) is 8.39. The number of hydrogen-bond acceptors (Lipinski definition) is 9. The van der Waals surface area contributed by atoms with Crippen LogP contribution in [-0.4, -0.2) is 37.1 Å². The maximum Gasteiger partial charge on any atom is 0.358 e. The highest BCUT2D eigenvalue weighted by atomic mass is 16.5. The van der Waals surface area contributed by atoms with E-state index in [0.717, 1.165) is 12.8 Å². The lowest BCUT2D eigenvalue weighted by molar-refractivity contribution is 0.0685. The highest BCUT2D eigenvalue weighted by Crippen LogP contribution is 2.30. The highest BCUT2D eigenvalue weighted by Gasteiger charge is 2.23. The Morgan fingerprint density at radius 1 is 0.825 bits per heavy atom. The second kappa shape index (κ2) is 10.6. The molecular formula is C28H21N5O7. The van der Waals surface area contributed by atoms with Gasteiger partial charge in [0, 0.05) is 18.3 Å². The number of amides is 1. The maximum absolute atomic E-state index is 12.4. The number of carboxylic acid groups (broad SMARTS) is 1. The van der Waals surface area contributed by atoms with Crippen LogP contribution in [0.2, 0.25) is 0 Å². The molecule has 0 aliphatic heterocycles. The van der Waals surface area contributed by atoms with Gasteiger partial charge in [-0.05, 0) is 48.2 Å². The van der Waals surface area contributed by atoms with E-state index in [1.807, 2.05) is 10.9 Å². The smallest absolute Gasteiger partial charge is 0.358 e. The van der Waals surface area contributed by atoms with E-state index in [9.17, 15) is 9.59 Å². The number of aromatic carboxylic acids is 1. The van der Waals surface area contributed by atoms with E-state index in [1.54, 1.807) is 36.5 Å². The van der Waals surface area contributed by atoms with Crippen molar-refractivity contribution in [1.82, 2.24) is 20.1 Å². The molecule has 0 saturated heterocycles. The summed E-state index contributed by atoms with van der Waals surface area (Å²) in [5.41, 5.74) is 3.39. The van der Waals surface area contributed by atoms with Crippen molar-refractivity contribution < 1.29 is 32.6 Å². The molecule has 0 atom stereocenters. The zero-order chi connectivity index (χ0) is 27.5. The number of carbonyl (C=O) groups is 2. The Kier molecular flexibility index (Phi) is 6.55. The van der Waals surface area contributed by atoms with Crippen LogP contribution in [0.15, 0.2) is 103 Å². The summed E-state index contributed by atoms with van der Waals surface area (Å²) < 4.78 is 22.0. The van der Waals surface area contributed by atoms with Gasteiger partial charge >= 0.3 is 5.97 Å². The molecule has 5 heterocycles. The maximum atomic E-state index is 12.4. The minimum Gasteiger partial charge on any atom is -0.476 e. The largest absolute Gasteiger partial charge is 0.476 e. The van der Waals surface area contributed by atoms with Crippen LogP contribution >= 0.6 is 0 Å². The van der Waals surface area contributed by atoms with Gasteiger partial charge < -0.3 is 28.3 Å². The van der Waals surface area contributed by atoms with Crippen LogP contribution in [0.25, 0.3) is 23.0 Å². The van der Waals surface area contributed by atoms with Crippen LogP contribution in [0.1, 0.15) is 38.1 Å². The van der Waals surface area contributed by atoms with Gasteiger partial charge in [0.2, 0.25) is 11.5 Å². The molecule has 1 aromatic carbocycles. The van der Waals surface area contributed by atoms with Crippen molar-refractivity contribution in [3.8, 4) is 23.0 Å². The molecule has 40 heavy (non-hydrogen) atoms. The third-order valence-corrected chi connectivity index (χ3v) is 6.26.